The van der Waals surface area contributed by atoms with Gasteiger partial charge in [-0.2, -0.15) is 0 Å². The molecule has 4 heteroatoms. The van der Waals surface area contributed by atoms with Crippen molar-refractivity contribution < 1.29 is 9.90 Å². The zero-order chi connectivity index (χ0) is 12.3. The molecule has 2 heterocycles. The second kappa shape index (κ2) is 5.83. The SMILES string of the molecule is CC(C(=O)N1CCCCC1CCO)C1CNC1. The third kappa shape index (κ3) is 2.80. The number of nitrogens with one attached hydrogen (secondary N) is 1. The number of hydrogen-bond donors (Lipinski definition) is 2. The molecule has 0 bridgehead atoms. The van der Waals surface area contributed by atoms with E-state index in [2.05, 4.69) is 12.2 Å². The number of aliphatic hydroxyl groups is 1. The topological polar surface area (TPSA) is 52.6 Å². The lowest BCUT2D eigenvalue weighted by Crippen LogP contribution is -2.53. The summed E-state index contributed by atoms with van der Waals surface area (Å²) < 4.78 is 0. The van der Waals surface area contributed by atoms with Gasteiger partial charge in [0, 0.05) is 25.1 Å². The Morgan fingerprint density at radius 2 is 2.24 bits per heavy atom. The van der Waals surface area contributed by atoms with Crippen LogP contribution in [0.1, 0.15) is 32.6 Å². The lowest BCUT2D eigenvalue weighted by atomic mass is 9.86. The van der Waals surface area contributed by atoms with Crippen molar-refractivity contribution in [3.8, 4) is 0 Å². The summed E-state index contributed by atoms with van der Waals surface area (Å²) in [6.45, 7) is 5.08. The number of carbonyl (C=O) groups excluding carboxylic acids is 1. The molecule has 1 amide bonds. The molecule has 4 nitrogen and oxygen atoms in total. The van der Waals surface area contributed by atoms with Crippen molar-refractivity contribution in [3.05, 3.63) is 0 Å². The van der Waals surface area contributed by atoms with Gasteiger partial charge in [0.05, 0.1) is 0 Å². The second-order valence-electron chi connectivity index (χ2n) is 5.40. The maximum Gasteiger partial charge on any atom is 0.226 e. The molecule has 2 saturated heterocycles. The predicted molar refractivity (Wildman–Crippen MR) is 66.6 cm³/mol. The molecule has 2 aliphatic rings. The Hall–Kier alpha value is -0.610. The fourth-order valence-corrected chi connectivity index (χ4v) is 2.87. The van der Waals surface area contributed by atoms with Crippen molar-refractivity contribution in [2.45, 2.75) is 38.6 Å². The summed E-state index contributed by atoms with van der Waals surface area (Å²) in [5.41, 5.74) is 0. The number of piperidine rings is 1. The van der Waals surface area contributed by atoms with E-state index < -0.39 is 0 Å². The highest BCUT2D eigenvalue weighted by Gasteiger charge is 2.34. The summed E-state index contributed by atoms with van der Waals surface area (Å²) >= 11 is 0. The third-order valence-electron chi connectivity index (χ3n) is 4.28. The van der Waals surface area contributed by atoms with Gasteiger partial charge in [-0.15, -0.1) is 0 Å². The molecular formula is C13H24N2O2. The summed E-state index contributed by atoms with van der Waals surface area (Å²) in [5, 5.41) is 12.3. The highest BCUT2D eigenvalue weighted by atomic mass is 16.3. The first-order chi connectivity index (χ1) is 8.24. The van der Waals surface area contributed by atoms with Crippen molar-refractivity contribution in [3.63, 3.8) is 0 Å². The van der Waals surface area contributed by atoms with Gasteiger partial charge in [-0.1, -0.05) is 6.92 Å². The molecule has 0 saturated carbocycles. The standard InChI is InChI=1S/C13H24N2O2/c1-10(11-8-14-9-11)13(17)15-6-3-2-4-12(15)5-7-16/h10-12,14,16H,2-9H2,1H3. The van der Waals surface area contributed by atoms with E-state index in [9.17, 15) is 4.79 Å². The maximum absolute atomic E-state index is 12.4. The molecular weight excluding hydrogens is 216 g/mol. The molecule has 2 N–H and O–H groups in total. The largest absolute Gasteiger partial charge is 0.396 e. The van der Waals surface area contributed by atoms with E-state index in [1.165, 1.54) is 6.42 Å². The first-order valence-corrected chi connectivity index (χ1v) is 6.86. The summed E-state index contributed by atoms with van der Waals surface area (Å²) in [4.78, 5) is 14.5. The van der Waals surface area contributed by atoms with Gasteiger partial charge in [-0.05, 0) is 44.7 Å². The van der Waals surface area contributed by atoms with E-state index in [1.54, 1.807) is 0 Å². The van der Waals surface area contributed by atoms with E-state index in [0.29, 0.717) is 11.8 Å². The predicted octanol–water partition coefficient (Wildman–Crippen LogP) is 0.605. The minimum Gasteiger partial charge on any atom is -0.396 e. The van der Waals surface area contributed by atoms with Crippen LogP contribution in [0.3, 0.4) is 0 Å². The number of nitrogens with zero attached hydrogens (tertiary/aromatic N) is 1. The molecule has 0 aromatic heterocycles. The normalized spacial score (nSPS) is 27.6. The molecule has 2 rings (SSSR count). The maximum atomic E-state index is 12.4. The molecule has 98 valence electrons. The van der Waals surface area contributed by atoms with Crippen LogP contribution in [-0.4, -0.2) is 48.2 Å². The van der Waals surface area contributed by atoms with E-state index in [0.717, 1.165) is 38.9 Å². The fourth-order valence-electron chi connectivity index (χ4n) is 2.87. The lowest BCUT2D eigenvalue weighted by Gasteiger charge is -2.40. The Morgan fingerprint density at radius 1 is 1.47 bits per heavy atom. The summed E-state index contributed by atoms with van der Waals surface area (Å²) in [6.07, 6.45) is 4.10. The first-order valence-electron chi connectivity index (χ1n) is 6.86. The van der Waals surface area contributed by atoms with Gasteiger partial charge in [0.15, 0.2) is 0 Å². The van der Waals surface area contributed by atoms with Gasteiger partial charge >= 0.3 is 0 Å². The summed E-state index contributed by atoms with van der Waals surface area (Å²) in [5.74, 6) is 0.949. The number of carbonyl (C=O) groups is 1. The number of aliphatic hydroxyl groups excluding tert-OH is 1. The Morgan fingerprint density at radius 3 is 2.82 bits per heavy atom. The van der Waals surface area contributed by atoms with Crippen LogP contribution in [0, 0.1) is 11.8 Å². The van der Waals surface area contributed by atoms with Gasteiger partial charge in [-0.25, -0.2) is 0 Å². The van der Waals surface area contributed by atoms with Gasteiger partial charge < -0.3 is 15.3 Å². The molecule has 0 aliphatic carbocycles. The zero-order valence-electron chi connectivity index (χ0n) is 10.7. The monoisotopic (exact) mass is 240 g/mol. The number of likely N-dealkylation sites (tertiary alicyclic amines) is 1. The molecule has 17 heavy (non-hydrogen) atoms. The van der Waals surface area contributed by atoms with Crippen LogP contribution in [-0.2, 0) is 4.79 Å². The first kappa shape index (κ1) is 12.8. The minimum absolute atomic E-state index is 0.135. The zero-order valence-corrected chi connectivity index (χ0v) is 10.7. The van der Waals surface area contributed by atoms with Crippen molar-refractivity contribution in [2.75, 3.05) is 26.2 Å². The van der Waals surface area contributed by atoms with Gasteiger partial charge in [0.2, 0.25) is 5.91 Å². The Labute approximate surface area is 103 Å². The molecule has 0 aromatic carbocycles. The summed E-state index contributed by atoms with van der Waals surface area (Å²) in [6, 6.07) is 0.275. The van der Waals surface area contributed by atoms with E-state index in [1.807, 2.05) is 4.90 Å². The van der Waals surface area contributed by atoms with Crippen LogP contribution in [0.2, 0.25) is 0 Å². The highest BCUT2D eigenvalue weighted by molar-refractivity contribution is 5.79. The highest BCUT2D eigenvalue weighted by Crippen LogP contribution is 2.25. The van der Waals surface area contributed by atoms with Crippen molar-refractivity contribution in [1.29, 1.82) is 0 Å². The molecule has 0 aromatic rings. The molecule has 0 spiro atoms. The van der Waals surface area contributed by atoms with Crippen molar-refractivity contribution in [1.82, 2.24) is 10.2 Å². The lowest BCUT2D eigenvalue weighted by molar-refractivity contribution is -0.141. The van der Waals surface area contributed by atoms with Gasteiger partial charge in [-0.3, -0.25) is 4.79 Å². The average molecular weight is 240 g/mol. The molecule has 0 radical (unpaired) electrons. The smallest absolute Gasteiger partial charge is 0.226 e. The average Bonchev–Trinajstić information content (AvgIpc) is 2.27. The van der Waals surface area contributed by atoms with Crippen LogP contribution >= 0.6 is 0 Å². The van der Waals surface area contributed by atoms with Crippen molar-refractivity contribution >= 4 is 5.91 Å². The Kier molecular flexibility index (Phi) is 4.40. The van der Waals surface area contributed by atoms with Crippen LogP contribution in [0.4, 0.5) is 0 Å². The van der Waals surface area contributed by atoms with E-state index in [4.69, 9.17) is 5.11 Å². The number of hydrogen-bond acceptors (Lipinski definition) is 3. The van der Waals surface area contributed by atoms with E-state index >= 15 is 0 Å². The van der Waals surface area contributed by atoms with Gasteiger partial charge in [0.1, 0.15) is 0 Å². The second-order valence-corrected chi connectivity index (χ2v) is 5.40. The van der Waals surface area contributed by atoms with Crippen LogP contribution in [0.5, 0.6) is 0 Å². The summed E-state index contributed by atoms with van der Waals surface area (Å²) in [7, 11) is 0. The number of rotatable bonds is 4. The fraction of sp³-hybridized carbons (Fsp3) is 0.923. The minimum atomic E-state index is 0.135. The third-order valence-corrected chi connectivity index (χ3v) is 4.28. The molecule has 2 unspecified atom stereocenters. The van der Waals surface area contributed by atoms with Crippen LogP contribution in [0.25, 0.3) is 0 Å². The number of amides is 1. The Balaban J connectivity index is 1.94. The van der Waals surface area contributed by atoms with Crippen LogP contribution < -0.4 is 5.32 Å². The molecule has 2 atom stereocenters. The molecule has 2 aliphatic heterocycles. The van der Waals surface area contributed by atoms with Gasteiger partial charge in [0.25, 0.3) is 0 Å². The van der Waals surface area contributed by atoms with E-state index in [-0.39, 0.29) is 18.6 Å². The van der Waals surface area contributed by atoms with Crippen LogP contribution in [0.15, 0.2) is 0 Å². The molecule has 2 fully saturated rings. The van der Waals surface area contributed by atoms with Crippen molar-refractivity contribution in [2.24, 2.45) is 11.8 Å². The Bertz CT molecular complexity index is 264. The quantitative estimate of drug-likeness (QED) is 0.757.